The number of nitrogens with zero attached hydrogens (tertiary/aromatic N) is 2. The van der Waals surface area contributed by atoms with Crippen LogP contribution < -0.4 is 0 Å². The van der Waals surface area contributed by atoms with E-state index in [2.05, 4.69) is 11.0 Å². The first kappa shape index (κ1) is 12.0. The van der Waals surface area contributed by atoms with Crippen LogP contribution in [0.1, 0.15) is 12.0 Å². The molecule has 0 N–H and O–H groups in total. The van der Waals surface area contributed by atoms with Crippen molar-refractivity contribution in [1.29, 1.82) is 5.26 Å². The Morgan fingerprint density at radius 1 is 1.27 bits per heavy atom. The number of hydrogen-bond acceptors (Lipinski definition) is 2. The fourth-order valence-electron chi connectivity index (χ4n) is 1.32. The summed E-state index contributed by atoms with van der Waals surface area (Å²) in [6.45, 7) is 1.81. The Hall–Kier alpha value is -1.04. The van der Waals surface area contributed by atoms with Gasteiger partial charge in [0.1, 0.15) is 0 Å². The highest BCUT2D eigenvalue weighted by Crippen LogP contribution is 2.10. The van der Waals surface area contributed by atoms with Crippen LogP contribution in [-0.2, 0) is 6.42 Å². The molecule has 0 atom stereocenters. The number of benzene rings is 1. The maximum Gasteiger partial charge on any atom is 0.0635 e. The molecule has 0 saturated heterocycles. The fourth-order valence-corrected chi connectivity index (χ4v) is 1.45. The predicted molar refractivity (Wildman–Crippen MR) is 62.9 cm³/mol. The molecule has 3 heteroatoms. The van der Waals surface area contributed by atoms with Crippen molar-refractivity contribution in [1.82, 2.24) is 4.90 Å². The van der Waals surface area contributed by atoms with Gasteiger partial charge >= 0.3 is 0 Å². The Morgan fingerprint density at radius 3 is 2.53 bits per heavy atom. The number of halogens is 1. The van der Waals surface area contributed by atoms with Gasteiger partial charge in [0.05, 0.1) is 6.07 Å². The van der Waals surface area contributed by atoms with Crippen LogP contribution in [0.25, 0.3) is 0 Å². The number of likely N-dealkylation sites (N-methyl/N-ethyl adjacent to an activating group) is 1. The standard InChI is InChI=1S/C12H15ClN2/c1-15(9-2-8-14)10-7-11-3-5-12(13)6-4-11/h3-6H,2,7,9-10H2,1H3. The minimum absolute atomic E-state index is 0.594. The average molecular weight is 223 g/mol. The van der Waals surface area contributed by atoms with Crippen LogP contribution in [0, 0.1) is 11.3 Å². The summed E-state index contributed by atoms with van der Waals surface area (Å²) in [4.78, 5) is 2.16. The Kier molecular flexibility index (Phi) is 5.17. The van der Waals surface area contributed by atoms with Crippen molar-refractivity contribution in [3.8, 4) is 6.07 Å². The third kappa shape index (κ3) is 4.83. The summed E-state index contributed by atoms with van der Waals surface area (Å²) < 4.78 is 0. The smallest absolute Gasteiger partial charge is 0.0635 e. The van der Waals surface area contributed by atoms with Crippen molar-refractivity contribution in [2.75, 3.05) is 20.1 Å². The van der Waals surface area contributed by atoms with Crippen molar-refractivity contribution in [3.05, 3.63) is 34.9 Å². The van der Waals surface area contributed by atoms with E-state index in [9.17, 15) is 0 Å². The van der Waals surface area contributed by atoms with Crippen LogP contribution in [-0.4, -0.2) is 25.0 Å². The van der Waals surface area contributed by atoms with Gasteiger partial charge in [-0.15, -0.1) is 0 Å². The molecule has 0 aromatic heterocycles. The van der Waals surface area contributed by atoms with Crippen LogP contribution in [0.5, 0.6) is 0 Å². The molecular formula is C12H15ClN2. The van der Waals surface area contributed by atoms with Gasteiger partial charge in [-0.1, -0.05) is 23.7 Å². The van der Waals surface area contributed by atoms with E-state index in [1.54, 1.807) is 0 Å². The van der Waals surface area contributed by atoms with Gasteiger partial charge in [0.2, 0.25) is 0 Å². The Morgan fingerprint density at radius 2 is 1.93 bits per heavy atom. The molecule has 0 aliphatic rings. The number of rotatable bonds is 5. The van der Waals surface area contributed by atoms with E-state index in [0.29, 0.717) is 6.42 Å². The molecule has 0 bridgehead atoms. The largest absolute Gasteiger partial charge is 0.305 e. The quantitative estimate of drug-likeness (QED) is 0.766. The zero-order valence-corrected chi connectivity index (χ0v) is 9.67. The molecule has 0 fully saturated rings. The molecule has 80 valence electrons. The summed E-state index contributed by atoms with van der Waals surface area (Å²) in [6, 6.07) is 10.0. The highest BCUT2D eigenvalue weighted by molar-refractivity contribution is 6.30. The van der Waals surface area contributed by atoms with Crippen molar-refractivity contribution in [3.63, 3.8) is 0 Å². The normalized spacial score (nSPS) is 10.3. The lowest BCUT2D eigenvalue weighted by atomic mass is 10.1. The van der Waals surface area contributed by atoms with E-state index in [4.69, 9.17) is 16.9 Å². The van der Waals surface area contributed by atoms with Crippen LogP contribution in [0.4, 0.5) is 0 Å². The zero-order valence-electron chi connectivity index (χ0n) is 8.91. The summed E-state index contributed by atoms with van der Waals surface area (Å²) in [6.07, 6.45) is 1.59. The predicted octanol–water partition coefficient (Wildman–Crippen LogP) is 2.73. The van der Waals surface area contributed by atoms with Gasteiger partial charge in [0, 0.05) is 24.5 Å². The van der Waals surface area contributed by atoms with Crippen LogP contribution in [0.3, 0.4) is 0 Å². The lowest BCUT2D eigenvalue weighted by Crippen LogP contribution is -2.22. The molecule has 0 amide bonds. The third-order valence-electron chi connectivity index (χ3n) is 2.30. The molecule has 1 rings (SSSR count). The van der Waals surface area contributed by atoms with Gasteiger partial charge in [0.25, 0.3) is 0 Å². The van der Waals surface area contributed by atoms with Gasteiger partial charge in [0.15, 0.2) is 0 Å². The van der Waals surface area contributed by atoms with Gasteiger partial charge in [-0.25, -0.2) is 0 Å². The van der Waals surface area contributed by atoms with Crippen LogP contribution >= 0.6 is 11.6 Å². The van der Waals surface area contributed by atoms with Crippen LogP contribution in [0.2, 0.25) is 5.02 Å². The second-order valence-corrected chi connectivity index (χ2v) is 4.02. The molecule has 0 unspecified atom stereocenters. The van der Waals surface area contributed by atoms with E-state index < -0.39 is 0 Å². The zero-order chi connectivity index (χ0) is 11.1. The van der Waals surface area contributed by atoms with Crippen molar-refractivity contribution in [2.24, 2.45) is 0 Å². The maximum absolute atomic E-state index is 8.44. The minimum Gasteiger partial charge on any atom is -0.305 e. The molecule has 0 radical (unpaired) electrons. The molecule has 0 aliphatic carbocycles. The van der Waals surface area contributed by atoms with Gasteiger partial charge in [-0.05, 0) is 31.2 Å². The summed E-state index contributed by atoms with van der Waals surface area (Å²) in [5, 5.41) is 9.21. The molecule has 15 heavy (non-hydrogen) atoms. The monoisotopic (exact) mass is 222 g/mol. The molecular weight excluding hydrogens is 208 g/mol. The van der Waals surface area contributed by atoms with E-state index in [1.165, 1.54) is 5.56 Å². The van der Waals surface area contributed by atoms with Gasteiger partial charge in [-0.3, -0.25) is 0 Å². The molecule has 0 aliphatic heterocycles. The first-order chi connectivity index (χ1) is 7.22. The second-order valence-electron chi connectivity index (χ2n) is 3.59. The van der Waals surface area contributed by atoms with Crippen molar-refractivity contribution in [2.45, 2.75) is 12.8 Å². The molecule has 0 heterocycles. The molecule has 1 aromatic rings. The first-order valence-corrected chi connectivity index (χ1v) is 5.40. The number of nitriles is 1. The summed E-state index contributed by atoms with van der Waals surface area (Å²) in [5.41, 5.74) is 1.28. The van der Waals surface area contributed by atoms with Crippen molar-refractivity contribution >= 4 is 11.6 Å². The number of hydrogen-bond donors (Lipinski definition) is 0. The minimum atomic E-state index is 0.594. The average Bonchev–Trinajstić information content (AvgIpc) is 2.25. The van der Waals surface area contributed by atoms with E-state index in [0.717, 1.165) is 24.5 Å². The van der Waals surface area contributed by atoms with E-state index >= 15 is 0 Å². The van der Waals surface area contributed by atoms with Crippen LogP contribution in [0.15, 0.2) is 24.3 Å². The molecule has 0 spiro atoms. The Labute approximate surface area is 96.1 Å². The molecule has 2 nitrogen and oxygen atoms in total. The highest BCUT2D eigenvalue weighted by atomic mass is 35.5. The molecule has 1 aromatic carbocycles. The SMILES string of the molecule is CN(CCC#N)CCc1ccc(Cl)cc1. The van der Waals surface area contributed by atoms with Crippen molar-refractivity contribution < 1.29 is 0 Å². The third-order valence-corrected chi connectivity index (χ3v) is 2.55. The summed E-state index contributed by atoms with van der Waals surface area (Å²) in [7, 11) is 2.03. The van der Waals surface area contributed by atoms with Gasteiger partial charge in [-0.2, -0.15) is 5.26 Å². The molecule has 0 saturated carbocycles. The van der Waals surface area contributed by atoms with E-state index in [1.807, 2.05) is 31.3 Å². The Balaban J connectivity index is 2.31. The lowest BCUT2D eigenvalue weighted by Gasteiger charge is -2.14. The fraction of sp³-hybridized carbons (Fsp3) is 0.417. The van der Waals surface area contributed by atoms with Gasteiger partial charge < -0.3 is 4.90 Å². The maximum atomic E-state index is 8.44. The van der Waals surface area contributed by atoms with E-state index in [-0.39, 0.29) is 0 Å². The summed E-state index contributed by atoms with van der Waals surface area (Å²) in [5.74, 6) is 0. The Bertz CT molecular complexity index is 326. The highest BCUT2D eigenvalue weighted by Gasteiger charge is 1.98. The lowest BCUT2D eigenvalue weighted by molar-refractivity contribution is 0.346. The second kappa shape index (κ2) is 6.44. The summed E-state index contributed by atoms with van der Waals surface area (Å²) >= 11 is 5.80. The first-order valence-electron chi connectivity index (χ1n) is 5.02. The topological polar surface area (TPSA) is 27.0 Å².